The second-order valence-corrected chi connectivity index (χ2v) is 5.00. The Morgan fingerprint density at radius 2 is 2.35 bits per heavy atom. The summed E-state index contributed by atoms with van der Waals surface area (Å²) in [6.45, 7) is 7.21. The number of nitrogens with one attached hydrogen (secondary N) is 1. The van der Waals surface area contributed by atoms with Crippen LogP contribution in [0.2, 0.25) is 0 Å². The van der Waals surface area contributed by atoms with E-state index < -0.39 is 0 Å². The van der Waals surface area contributed by atoms with Crippen molar-refractivity contribution in [3.8, 4) is 0 Å². The number of rotatable bonds is 4. The largest absolute Gasteiger partial charge is 0.378 e. The summed E-state index contributed by atoms with van der Waals surface area (Å²) in [5.74, 6) is 1.08. The highest BCUT2D eigenvalue weighted by molar-refractivity contribution is 5.40. The topological polar surface area (TPSA) is 73.1 Å². The van der Waals surface area contributed by atoms with Crippen molar-refractivity contribution in [2.45, 2.75) is 39.3 Å². The number of hydrogen-bond donors (Lipinski definition) is 2. The van der Waals surface area contributed by atoms with Crippen LogP contribution in [0.5, 0.6) is 0 Å². The molecule has 2 atom stereocenters. The smallest absolute Gasteiger partial charge is 0.221 e. The van der Waals surface area contributed by atoms with E-state index in [0.29, 0.717) is 18.1 Å². The Hall–Kier alpha value is -1.36. The van der Waals surface area contributed by atoms with Crippen LogP contribution in [0.3, 0.4) is 0 Å². The van der Waals surface area contributed by atoms with Gasteiger partial charge in [0.2, 0.25) is 5.95 Å². The molecule has 1 aromatic rings. The second kappa shape index (κ2) is 4.49. The summed E-state index contributed by atoms with van der Waals surface area (Å²) in [5, 5.41) is 3.39. The first-order chi connectivity index (χ1) is 8.04. The Kier molecular flexibility index (Phi) is 3.19. The lowest BCUT2D eigenvalue weighted by molar-refractivity contribution is -0.0976. The minimum absolute atomic E-state index is 0.121. The number of nitrogens with zero attached hydrogens (tertiary/aromatic N) is 2. The van der Waals surface area contributed by atoms with Gasteiger partial charge in [0.05, 0.1) is 6.10 Å². The predicted molar refractivity (Wildman–Crippen MR) is 67.7 cm³/mol. The first-order valence-corrected chi connectivity index (χ1v) is 6.00. The van der Waals surface area contributed by atoms with Crippen LogP contribution in [-0.4, -0.2) is 28.7 Å². The first-order valence-electron chi connectivity index (χ1n) is 6.00. The van der Waals surface area contributed by atoms with E-state index in [1.165, 1.54) is 0 Å². The summed E-state index contributed by atoms with van der Waals surface area (Å²) < 4.78 is 5.69. The van der Waals surface area contributed by atoms with Gasteiger partial charge in [0.15, 0.2) is 0 Å². The number of nitrogen functional groups attached to an aromatic ring is 1. The summed E-state index contributed by atoms with van der Waals surface area (Å²) in [7, 11) is 0. The van der Waals surface area contributed by atoms with E-state index in [2.05, 4.69) is 29.1 Å². The van der Waals surface area contributed by atoms with Gasteiger partial charge in [-0.2, -0.15) is 4.98 Å². The molecular formula is C12H20N4O. The SMILES string of the molecule is CCOC1CC(Nc2ccnc(N)n2)C1(C)C. The van der Waals surface area contributed by atoms with Crippen LogP contribution in [0, 0.1) is 5.41 Å². The maximum atomic E-state index is 5.69. The van der Waals surface area contributed by atoms with Crippen molar-refractivity contribution in [2.75, 3.05) is 17.7 Å². The molecule has 5 heteroatoms. The lowest BCUT2D eigenvalue weighted by Gasteiger charge is -2.51. The quantitative estimate of drug-likeness (QED) is 0.832. The van der Waals surface area contributed by atoms with Gasteiger partial charge in [-0.15, -0.1) is 0 Å². The third-order valence-corrected chi connectivity index (χ3v) is 3.54. The number of anilines is 2. The molecule has 0 saturated heterocycles. The van der Waals surface area contributed by atoms with Crippen LogP contribution < -0.4 is 11.1 Å². The fraction of sp³-hybridized carbons (Fsp3) is 0.667. The predicted octanol–water partition coefficient (Wildman–Crippen LogP) is 1.67. The van der Waals surface area contributed by atoms with Crippen molar-refractivity contribution in [3.63, 3.8) is 0 Å². The van der Waals surface area contributed by atoms with E-state index in [9.17, 15) is 0 Å². The molecule has 2 unspecified atom stereocenters. The molecule has 0 spiro atoms. The molecule has 0 aliphatic heterocycles. The van der Waals surface area contributed by atoms with Gasteiger partial charge in [-0.1, -0.05) is 13.8 Å². The van der Waals surface area contributed by atoms with E-state index in [1.54, 1.807) is 6.20 Å². The molecule has 1 aromatic heterocycles. The van der Waals surface area contributed by atoms with Gasteiger partial charge < -0.3 is 15.8 Å². The number of ether oxygens (including phenoxy) is 1. The molecule has 5 nitrogen and oxygen atoms in total. The van der Waals surface area contributed by atoms with Gasteiger partial charge >= 0.3 is 0 Å². The minimum atomic E-state index is 0.121. The standard InChI is InChI=1S/C12H20N4O/c1-4-17-9-7-8(12(9,2)3)15-10-5-6-14-11(13)16-10/h5-6,8-9H,4,7H2,1-3H3,(H3,13,14,15,16). The highest BCUT2D eigenvalue weighted by atomic mass is 16.5. The zero-order valence-corrected chi connectivity index (χ0v) is 10.6. The van der Waals surface area contributed by atoms with Gasteiger partial charge in [-0.25, -0.2) is 4.98 Å². The Bertz CT molecular complexity index is 394. The Balaban J connectivity index is 1.98. The molecule has 0 bridgehead atoms. The van der Waals surface area contributed by atoms with Gasteiger partial charge in [0.25, 0.3) is 0 Å². The van der Waals surface area contributed by atoms with E-state index in [-0.39, 0.29) is 5.41 Å². The van der Waals surface area contributed by atoms with Gasteiger partial charge in [0, 0.05) is 24.3 Å². The molecule has 1 aliphatic carbocycles. The Labute approximate surface area is 102 Å². The highest BCUT2D eigenvalue weighted by Crippen LogP contribution is 2.44. The summed E-state index contributed by atoms with van der Waals surface area (Å²) in [6.07, 6.45) is 2.99. The molecule has 17 heavy (non-hydrogen) atoms. The van der Waals surface area contributed by atoms with Crippen LogP contribution in [-0.2, 0) is 4.74 Å². The van der Waals surface area contributed by atoms with Gasteiger partial charge in [-0.3, -0.25) is 0 Å². The van der Waals surface area contributed by atoms with Crippen molar-refractivity contribution in [3.05, 3.63) is 12.3 Å². The van der Waals surface area contributed by atoms with Crippen LogP contribution >= 0.6 is 0 Å². The molecule has 1 fully saturated rings. The summed E-state index contributed by atoms with van der Waals surface area (Å²) in [5.41, 5.74) is 5.67. The Morgan fingerprint density at radius 1 is 1.59 bits per heavy atom. The maximum Gasteiger partial charge on any atom is 0.221 e. The molecule has 1 aliphatic rings. The molecule has 1 saturated carbocycles. The molecule has 0 radical (unpaired) electrons. The molecule has 3 N–H and O–H groups in total. The van der Waals surface area contributed by atoms with Crippen molar-refractivity contribution in [1.82, 2.24) is 9.97 Å². The lowest BCUT2D eigenvalue weighted by Crippen LogP contribution is -2.58. The summed E-state index contributed by atoms with van der Waals surface area (Å²) in [4.78, 5) is 8.02. The summed E-state index contributed by atoms with van der Waals surface area (Å²) >= 11 is 0. The average Bonchev–Trinajstić information content (AvgIpc) is 2.28. The minimum Gasteiger partial charge on any atom is -0.378 e. The molecule has 2 rings (SSSR count). The van der Waals surface area contributed by atoms with Crippen LogP contribution in [0.15, 0.2) is 12.3 Å². The van der Waals surface area contributed by atoms with E-state index in [4.69, 9.17) is 10.5 Å². The first kappa shape index (κ1) is 12.1. The van der Waals surface area contributed by atoms with Crippen molar-refractivity contribution in [2.24, 2.45) is 5.41 Å². The van der Waals surface area contributed by atoms with Gasteiger partial charge in [0.1, 0.15) is 5.82 Å². The fourth-order valence-corrected chi connectivity index (χ4v) is 2.25. The van der Waals surface area contributed by atoms with Gasteiger partial charge in [-0.05, 0) is 19.4 Å². The summed E-state index contributed by atoms with van der Waals surface area (Å²) in [6, 6.07) is 2.20. The van der Waals surface area contributed by atoms with E-state index in [1.807, 2.05) is 13.0 Å². The number of hydrogen-bond acceptors (Lipinski definition) is 5. The fourth-order valence-electron chi connectivity index (χ4n) is 2.25. The number of nitrogens with two attached hydrogens (primary N) is 1. The zero-order chi connectivity index (χ0) is 12.5. The highest BCUT2D eigenvalue weighted by Gasteiger charge is 2.49. The van der Waals surface area contributed by atoms with Crippen LogP contribution in [0.1, 0.15) is 27.2 Å². The zero-order valence-electron chi connectivity index (χ0n) is 10.6. The molecule has 94 valence electrons. The molecule has 1 heterocycles. The molecule has 0 amide bonds. The average molecular weight is 236 g/mol. The van der Waals surface area contributed by atoms with Crippen LogP contribution in [0.4, 0.5) is 11.8 Å². The number of aromatic nitrogens is 2. The monoisotopic (exact) mass is 236 g/mol. The van der Waals surface area contributed by atoms with E-state index >= 15 is 0 Å². The van der Waals surface area contributed by atoms with Crippen molar-refractivity contribution in [1.29, 1.82) is 0 Å². The third kappa shape index (κ3) is 2.34. The maximum absolute atomic E-state index is 5.69. The third-order valence-electron chi connectivity index (χ3n) is 3.54. The molecule has 0 aromatic carbocycles. The van der Waals surface area contributed by atoms with Crippen molar-refractivity contribution < 1.29 is 4.74 Å². The van der Waals surface area contributed by atoms with E-state index in [0.717, 1.165) is 18.8 Å². The Morgan fingerprint density at radius 3 is 2.94 bits per heavy atom. The normalized spacial score (nSPS) is 26.3. The van der Waals surface area contributed by atoms with Crippen LogP contribution in [0.25, 0.3) is 0 Å². The molecular weight excluding hydrogens is 216 g/mol. The second-order valence-electron chi connectivity index (χ2n) is 5.00. The lowest BCUT2D eigenvalue weighted by atomic mass is 9.64. The van der Waals surface area contributed by atoms with Crippen molar-refractivity contribution >= 4 is 11.8 Å².